The van der Waals surface area contributed by atoms with E-state index in [1.807, 2.05) is 0 Å². The van der Waals surface area contributed by atoms with Crippen LogP contribution in [-0.4, -0.2) is 28.2 Å². The molecule has 0 radical (unpaired) electrons. The van der Waals surface area contributed by atoms with Crippen LogP contribution in [-0.2, 0) is 31.8 Å². The summed E-state index contributed by atoms with van der Waals surface area (Å²) in [5.74, 6) is 0. The van der Waals surface area contributed by atoms with Crippen molar-refractivity contribution in [3.8, 4) is 0 Å². The second-order valence-corrected chi connectivity index (χ2v) is 5.15. The average Bonchev–Trinajstić information content (AvgIpc) is 2.54. The first-order chi connectivity index (χ1) is 7.68. The van der Waals surface area contributed by atoms with Crippen molar-refractivity contribution in [2.75, 3.05) is 13.2 Å². The predicted octanol–water partition coefficient (Wildman–Crippen LogP) is 1.27. The number of hydrogen-bond acceptors (Lipinski definition) is 6. The van der Waals surface area contributed by atoms with Crippen LogP contribution in [0.15, 0.2) is 6.20 Å². The molecule has 0 atom stereocenters. The van der Waals surface area contributed by atoms with E-state index in [2.05, 4.69) is 10.3 Å². The maximum atomic E-state index is 11.9. The fourth-order valence-electron chi connectivity index (χ4n) is 1.28. The number of aryl methyl sites for hydroxylation is 1. The second-order valence-electron chi connectivity index (χ2n) is 3.48. The van der Waals surface area contributed by atoms with E-state index >= 15 is 0 Å². The number of nitrogens with zero attached hydrogens (tertiary/aromatic N) is 3. The minimum Gasteiger partial charge on any atom is -0.287 e. The number of aromatic nitrogens is 3. The largest absolute Gasteiger partial charge is 0.475 e. The van der Waals surface area contributed by atoms with E-state index in [4.69, 9.17) is 13.6 Å². The molecule has 0 saturated carbocycles. The van der Waals surface area contributed by atoms with Crippen molar-refractivity contribution < 1.29 is 18.1 Å². The molecule has 7 nitrogen and oxygen atoms in total. The van der Waals surface area contributed by atoms with Gasteiger partial charge in [0.05, 0.1) is 19.4 Å². The van der Waals surface area contributed by atoms with Crippen LogP contribution in [0.2, 0.25) is 0 Å². The van der Waals surface area contributed by atoms with E-state index in [1.165, 1.54) is 0 Å². The van der Waals surface area contributed by atoms with Crippen LogP contribution < -0.4 is 0 Å². The van der Waals surface area contributed by atoms with Crippen LogP contribution in [0.4, 0.5) is 0 Å². The van der Waals surface area contributed by atoms with Gasteiger partial charge in [0.15, 0.2) is 0 Å². The topological polar surface area (TPSA) is 75.5 Å². The van der Waals surface area contributed by atoms with Crippen molar-refractivity contribution in [3.63, 3.8) is 0 Å². The average molecular weight is 247 g/mol. The van der Waals surface area contributed by atoms with E-state index in [0.717, 1.165) is 12.8 Å². The quantitative estimate of drug-likeness (QED) is 0.748. The summed E-state index contributed by atoms with van der Waals surface area (Å²) < 4.78 is 28.8. The van der Waals surface area contributed by atoms with Gasteiger partial charge in [-0.05, 0) is 12.8 Å². The number of phosphoric acid groups is 1. The highest BCUT2D eigenvalue weighted by molar-refractivity contribution is 7.48. The zero-order valence-corrected chi connectivity index (χ0v) is 9.93. The molecule has 0 bridgehead atoms. The highest BCUT2D eigenvalue weighted by Gasteiger charge is 2.28. The molecule has 1 aliphatic heterocycles. The van der Waals surface area contributed by atoms with Gasteiger partial charge in [0.1, 0.15) is 12.3 Å². The van der Waals surface area contributed by atoms with E-state index in [1.54, 1.807) is 17.9 Å². The number of phosphoric ester groups is 1. The second kappa shape index (κ2) is 5.05. The van der Waals surface area contributed by atoms with E-state index in [0.29, 0.717) is 18.9 Å². The molecule has 0 aliphatic carbocycles. The van der Waals surface area contributed by atoms with Gasteiger partial charge < -0.3 is 0 Å². The molecule has 0 N–H and O–H groups in total. The normalized spacial score (nSPS) is 20.6. The van der Waals surface area contributed by atoms with Gasteiger partial charge in [-0.1, -0.05) is 5.21 Å². The lowest BCUT2D eigenvalue weighted by Gasteiger charge is -2.13. The molecule has 0 aromatic carbocycles. The molecule has 0 spiro atoms. The summed E-state index contributed by atoms with van der Waals surface area (Å²) in [5.41, 5.74) is 0.592. The van der Waals surface area contributed by atoms with E-state index < -0.39 is 7.82 Å². The summed E-state index contributed by atoms with van der Waals surface area (Å²) in [5, 5.41) is 7.55. The van der Waals surface area contributed by atoms with Gasteiger partial charge in [-0.2, -0.15) is 0 Å². The zero-order valence-electron chi connectivity index (χ0n) is 9.03. The molecule has 1 aliphatic rings. The minimum absolute atomic E-state index is 0.0745. The molecule has 0 amide bonds. The molecular formula is C8H14N3O4P. The smallest absolute Gasteiger partial charge is 0.287 e. The van der Waals surface area contributed by atoms with Crippen molar-refractivity contribution in [2.45, 2.75) is 19.4 Å². The maximum absolute atomic E-state index is 11.9. The van der Waals surface area contributed by atoms with Crippen molar-refractivity contribution in [3.05, 3.63) is 11.9 Å². The Morgan fingerprint density at radius 1 is 1.50 bits per heavy atom. The summed E-state index contributed by atoms with van der Waals surface area (Å²) in [4.78, 5) is 0. The van der Waals surface area contributed by atoms with Gasteiger partial charge in [0, 0.05) is 7.05 Å². The van der Waals surface area contributed by atoms with Crippen molar-refractivity contribution in [1.29, 1.82) is 0 Å². The van der Waals surface area contributed by atoms with Crippen molar-refractivity contribution >= 4 is 7.82 Å². The van der Waals surface area contributed by atoms with Crippen LogP contribution in [0.1, 0.15) is 18.5 Å². The Morgan fingerprint density at radius 3 is 2.75 bits per heavy atom. The van der Waals surface area contributed by atoms with Gasteiger partial charge in [-0.3, -0.25) is 18.3 Å². The van der Waals surface area contributed by atoms with E-state index in [9.17, 15) is 4.57 Å². The van der Waals surface area contributed by atoms with Crippen molar-refractivity contribution in [1.82, 2.24) is 15.0 Å². The molecule has 2 heterocycles. The predicted molar refractivity (Wildman–Crippen MR) is 54.5 cm³/mol. The maximum Gasteiger partial charge on any atom is 0.475 e. The minimum atomic E-state index is -3.39. The van der Waals surface area contributed by atoms with Crippen LogP contribution in [0.3, 0.4) is 0 Å². The van der Waals surface area contributed by atoms with E-state index in [-0.39, 0.29) is 6.61 Å². The molecular weight excluding hydrogens is 233 g/mol. The highest BCUT2D eigenvalue weighted by Crippen LogP contribution is 2.51. The Hall–Kier alpha value is -0.750. The number of rotatable bonds is 3. The Bertz CT molecular complexity index is 382. The standard InChI is InChI=1S/C8H14N3O4P/c1-11-6-8(9-10-11)7-15-16(12)13-4-2-3-5-14-16/h6H,2-5,7H2,1H3. The molecule has 1 saturated heterocycles. The summed E-state index contributed by atoms with van der Waals surface area (Å²) >= 11 is 0. The SMILES string of the molecule is Cn1cc(COP2(=O)OCCCCO2)nn1. The summed E-state index contributed by atoms with van der Waals surface area (Å²) in [6.07, 6.45) is 3.35. The van der Waals surface area contributed by atoms with Crippen LogP contribution >= 0.6 is 7.82 Å². The van der Waals surface area contributed by atoms with Crippen LogP contribution in [0.25, 0.3) is 0 Å². The molecule has 1 aromatic rings. The molecule has 90 valence electrons. The zero-order chi connectivity index (χ0) is 11.4. The summed E-state index contributed by atoms with van der Waals surface area (Å²) in [6.45, 7) is 0.876. The summed E-state index contributed by atoms with van der Waals surface area (Å²) in [6, 6.07) is 0. The van der Waals surface area contributed by atoms with Gasteiger partial charge >= 0.3 is 7.82 Å². The molecule has 1 fully saturated rings. The number of hydrogen-bond donors (Lipinski definition) is 0. The highest BCUT2D eigenvalue weighted by atomic mass is 31.2. The fourth-order valence-corrected chi connectivity index (χ4v) is 2.49. The first kappa shape index (κ1) is 11.7. The van der Waals surface area contributed by atoms with Gasteiger partial charge in [-0.25, -0.2) is 4.57 Å². The Balaban J connectivity index is 1.90. The molecule has 1 aromatic heterocycles. The van der Waals surface area contributed by atoms with Gasteiger partial charge in [0.25, 0.3) is 0 Å². The molecule has 0 unspecified atom stereocenters. The fraction of sp³-hybridized carbons (Fsp3) is 0.750. The molecule has 2 rings (SSSR count). The molecule has 8 heteroatoms. The van der Waals surface area contributed by atoms with Crippen LogP contribution in [0, 0.1) is 0 Å². The molecule has 16 heavy (non-hydrogen) atoms. The first-order valence-electron chi connectivity index (χ1n) is 5.07. The monoisotopic (exact) mass is 247 g/mol. The van der Waals surface area contributed by atoms with Crippen LogP contribution in [0.5, 0.6) is 0 Å². The van der Waals surface area contributed by atoms with Crippen molar-refractivity contribution in [2.24, 2.45) is 7.05 Å². The first-order valence-corrected chi connectivity index (χ1v) is 6.53. The Kier molecular flexibility index (Phi) is 3.70. The lowest BCUT2D eigenvalue weighted by molar-refractivity contribution is 0.125. The Labute approximate surface area is 93.3 Å². The lowest BCUT2D eigenvalue weighted by Crippen LogP contribution is -1.98. The van der Waals surface area contributed by atoms with Gasteiger partial charge in [0.2, 0.25) is 0 Å². The van der Waals surface area contributed by atoms with Gasteiger partial charge in [-0.15, -0.1) is 5.10 Å². The third-order valence-corrected chi connectivity index (χ3v) is 3.50. The lowest BCUT2D eigenvalue weighted by atomic mass is 10.3. The third-order valence-electron chi connectivity index (χ3n) is 2.06. The summed E-state index contributed by atoms with van der Waals surface area (Å²) in [7, 11) is -1.64. The Morgan fingerprint density at radius 2 is 2.19 bits per heavy atom. The third kappa shape index (κ3) is 3.12.